The minimum atomic E-state index is -0.323. The number of carbonyl (C=O) groups is 4. The Morgan fingerprint density at radius 2 is 1.56 bits per heavy atom. The molecule has 0 saturated carbocycles. The fraction of sp³-hybridized carbons (Fsp3) is 0.412. The highest BCUT2D eigenvalue weighted by atomic mass is 32.2. The number of hydrogen-bond donors (Lipinski definition) is 1. The first kappa shape index (κ1) is 17.5. The maximum Gasteiger partial charge on any atom is 0.324 e. The Morgan fingerprint density at radius 3 is 2.16 bits per heavy atom. The Bertz CT molecular complexity index is 671. The molecule has 0 aromatic heterocycles. The van der Waals surface area contributed by atoms with Crippen molar-refractivity contribution in [3.05, 3.63) is 35.4 Å². The molecule has 25 heavy (non-hydrogen) atoms. The molecule has 1 aromatic carbocycles. The summed E-state index contributed by atoms with van der Waals surface area (Å²) in [6.07, 6.45) is 1.60. The van der Waals surface area contributed by atoms with Gasteiger partial charge in [0.15, 0.2) is 0 Å². The van der Waals surface area contributed by atoms with Crippen LogP contribution in [0.1, 0.15) is 33.6 Å². The maximum absolute atomic E-state index is 12.2. The second kappa shape index (κ2) is 7.69. The zero-order valence-corrected chi connectivity index (χ0v) is 14.5. The van der Waals surface area contributed by atoms with Gasteiger partial charge in [-0.1, -0.05) is 12.1 Å². The summed E-state index contributed by atoms with van der Waals surface area (Å²) in [5, 5.41) is 2.49. The second-order valence-electron chi connectivity index (χ2n) is 5.83. The van der Waals surface area contributed by atoms with Crippen LogP contribution in [0.25, 0.3) is 0 Å². The summed E-state index contributed by atoms with van der Waals surface area (Å²) >= 11 is 1.65. The van der Waals surface area contributed by atoms with Crippen LogP contribution in [0.4, 0.5) is 4.79 Å². The minimum Gasteiger partial charge on any atom is -0.329 e. The van der Waals surface area contributed by atoms with Crippen LogP contribution >= 0.6 is 11.8 Å². The molecule has 2 aliphatic heterocycles. The number of hydrogen-bond acceptors (Lipinski definition) is 5. The Kier molecular flexibility index (Phi) is 5.37. The average Bonchev–Trinajstić information content (AvgIpc) is 3.06. The van der Waals surface area contributed by atoms with E-state index in [9.17, 15) is 19.2 Å². The van der Waals surface area contributed by atoms with Crippen LogP contribution in [0.3, 0.4) is 0 Å². The molecule has 8 heteroatoms. The summed E-state index contributed by atoms with van der Waals surface area (Å²) in [6.45, 7) is 0.914. The van der Waals surface area contributed by atoms with Gasteiger partial charge in [0.25, 0.3) is 11.8 Å². The third-order valence-corrected chi connectivity index (χ3v) is 5.24. The second-order valence-corrected chi connectivity index (χ2v) is 7.06. The van der Waals surface area contributed by atoms with Gasteiger partial charge in [-0.15, -0.1) is 0 Å². The lowest BCUT2D eigenvalue weighted by atomic mass is 10.1. The van der Waals surface area contributed by atoms with Crippen molar-refractivity contribution in [1.82, 2.24) is 15.1 Å². The fourth-order valence-electron chi connectivity index (χ4n) is 2.86. The lowest BCUT2D eigenvalue weighted by molar-refractivity contribution is -0.124. The summed E-state index contributed by atoms with van der Waals surface area (Å²) in [4.78, 5) is 49.7. The van der Waals surface area contributed by atoms with Gasteiger partial charge in [0, 0.05) is 18.8 Å². The molecule has 0 aliphatic carbocycles. The number of thioether (sulfide) groups is 1. The lowest BCUT2D eigenvalue weighted by Gasteiger charge is -2.14. The summed E-state index contributed by atoms with van der Waals surface area (Å²) in [5.74, 6) is 0.925. The van der Waals surface area contributed by atoms with Crippen molar-refractivity contribution in [3.8, 4) is 0 Å². The molecule has 5 amide bonds. The Balaban J connectivity index is 1.33. The lowest BCUT2D eigenvalue weighted by Crippen LogP contribution is -2.33. The number of rotatable bonds is 8. The van der Waals surface area contributed by atoms with E-state index in [-0.39, 0.29) is 30.3 Å². The Morgan fingerprint density at radius 1 is 0.880 bits per heavy atom. The molecular formula is C17H19N3O4S. The summed E-state index contributed by atoms with van der Waals surface area (Å²) in [6, 6.07) is 6.56. The Labute approximate surface area is 149 Å². The Hall–Kier alpha value is -2.35. The number of fused-ring (bicyclic) bond motifs is 1. The van der Waals surface area contributed by atoms with E-state index in [1.165, 1.54) is 9.80 Å². The highest BCUT2D eigenvalue weighted by Gasteiger charge is 2.34. The number of nitrogens with zero attached hydrogens (tertiary/aromatic N) is 2. The van der Waals surface area contributed by atoms with Crippen LogP contribution in [0.2, 0.25) is 0 Å². The van der Waals surface area contributed by atoms with Crippen LogP contribution in [0.15, 0.2) is 24.3 Å². The minimum absolute atomic E-state index is 0.0871. The number of urea groups is 1. The van der Waals surface area contributed by atoms with Crippen LogP contribution in [0, 0.1) is 0 Å². The summed E-state index contributed by atoms with van der Waals surface area (Å²) in [7, 11) is 0. The number of benzene rings is 1. The number of carbonyl (C=O) groups excluding carboxylic acids is 4. The molecule has 1 fully saturated rings. The third kappa shape index (κ3) is 3.68. The zero-order valence-electron chi connectivity index (χ0n) is 13.7. The number of unbranched alkanes of at least 4 members (excludes halogenated alkanes) is 1. The van der Waals surface area contributed by atoms with Crippen molar-refractivity contribution >= 4 is 35.5 Å². The highest BCUT2D eigenvalue weighted by Crippen LogP contribution is 2.22. The topological polar surface area (TPSA) is 86.8 Å². The number of nitrogens with one attached hydrogen (secondary N) is 1. The number of amides is 5. The fourth-order valence-corrected chi connectivity index (χ4v) is 3.78. The van der Waals surface area contributed by atoms with Crippen molar-refractivity contribution in [3.63, 3.8) is 0 Å². The monoisotopic (exact) mass is 361 g/mol. The van der Waals surface area contributed by atoms with Crippen LogP contribution < -0.4 is 5.32 Å². The van der Waals surface area contributed by atoms with Gasteiger partial charge >= 0.3 is 6.03 Å². The van der Waals surface area contributed by atoms with E-state index in [4.69, 9.17) is 0 Å². The molecule has 1 N–H and O–H groups in total. The van der Waals surface area contributed by atoms with Crippen molar-refractivity contribution < 1.29 is 19.2 Å². The van der Waals surface area contributed by atoms with E-state index >= 15 is 0 Å². The third-order valence-electron chi connectivity index (χ3n) is 4.19. The number of imide groups is 2. The molecule has 2 heterocycles. The molecule has 7 nitrogen and oxygen atoms in total. The molecule has 0 bridgehead atoms. The molecule has 0 spiro atoms. The van der Waals surface area contributed by atoms with Crippen molar-refractivity contribution in [2.75, 3.05) is 31.1 Å². The largest absolute Gasteiger partial charge is 0.329 e. The van der Waals surface area contributed by atoms with E-state index in [0.717, 1.165) is 18.6 Å². The molecule has 132 valence electrons. The average molecular weight is 361 g/mol. The van der Waals surface area contributed by atoms with Gasteiger partial charge < -0.3 is 5.32 Å². The molecule has 3 rings (SSSR count). The van der Waals surface area contributed by atoms with Gasteiger partial charge in [0.05, 0.1) is 17.7 Å². The first-order valence-corrected chi connectivity index (χ1v) is 9.36. The first-order valence-electron chi connectivity index (χ1n) is 8.21. The molecule has 0 radical (unpaired) electrons. The van der Waals surface area contributed by atoms with Crippen molar-refractivity contribution in [2.24, 2.45) is 0 Å². The van der Waals surface area contributed by atoms with Crippen molar-refractivity contribution in [1.29, 1.82) is 0 Å². The molecule has 2 aliphatic rings. The quantitative estimate of drug-likeness (QED) is 0.429. The molecule has 1 aromatic rings. The molecule has 1 saturated heterocycles. The van der Waals surface area contributed by atoms with Gasteiger partial charge in [-0.3, -0.25) is 24.2 Å². The van der Waals surface area contributed by atoms with E-state index in [2.05, 4.69) is 5.32 Å². The van der Waals surface area contributed by atoms with Gasteiger partial charge in [-0.05, 0) is 30.7 Å². The normalized spacial score (nSPS) is 16.6. The van der Waals surface area contributed by atoms with E-state index < -0.39 is 0 Å². The van der Waals surface area contributed by atoms with E-state index in [0.29, 0.717) is 30.0 Å². The van der Waals surface area contributed by atoms with Crippen LogP contribution in [0.5, 0.6) is 0 Å². The first-order chi connectivity index (χ1) is 12.1. The zero-order chi connectivity index (χ0) is 17.8. The standard InChI is InChI=1S/C17H19N3O4S/c21-14-11-18-17(24)19(14)8-10-25-9-4-3-7-20-15(22)12-5-1-2-6-13(12)16(20)23/h1-2,5-6H,3-4,7-11H2,(H,18,24). The predicted molar refractivity (Wildman–Crippen MR) is 93.5 cm³/mol. The van der Waals surface area contributed by atoms with Crippen LogP contribution in [-0.4, -0.2) is 64.7 Å². The van der Waals surface area contributed by atoms with Gasteiger partial charge in [-0.25, -0.2) is 4.79 Å². The summed E-state index contributed by atoms with van der Waals surface area (Å²) < 4.78 is 0. The van der Waals surface area contributed by atoms with Gasteiger partial charge in [0.2, 0.25) is 5.91 Å². The van der Waals surface area contributed by atoms with Crippen molar-refractivity contribution in [2.45, 2.75) is 12.8 Å². The van der Waals surface area contributed by atoms with E-state index in [1.807, 2.05) is 0 Å². The smallest absolute Gasteiger partial charge is 0.324 e. The van der Waals surface area contributed by atoms with Gasteiger partial charge in [-0.2, -0.15) is 11.8 Å². The van der Waals surface area contributed by atoms with E-state index in [1.54, 1.807) is 36.0 Å². The predicted octanol–water partition coefficient (Wildman–Crippen LogP) is 1.35. The molecular weight excluding hydrogens is 342 g/mol. The highest BCUT2D eigenvalue weighted by molar-refractivity contribution is 7.99. The summed E-state index contributed by atoms with van der Waals surface area (Å²) in [5.41, 5.74) is 0.964. The van der Waals surface area contributed by atoms with Crippen LogP contribution in [-0.2, 0) is 4.79 Å². The molecule has 0 atom stereocenters. The maximum atomic E-state index is 12.2. The van der Waals surface area contributed by atoms with Gasteiger partial charge in [0.1, 0.15) is 0 Å². The molecule has 0 unspecified atom stereocenters. The SMILES string of the molecule is O=C1CNC(=O)N1CCSCCCCN1C(=O)c2ccccc2C1=O.